The second-order valence-corrected chi connectivity index (χ2v) is 3.02. The molecule has 0 radical (unpaired) electrons. The van der Waals surface area contributed by atoms with Crippen molar-refractivity contribution in [2.24, 2.45) is 0 Å². The van der Waals surface area contributed by atoms with Gasteiger partial charge in [-0.25, -0.2) is 8.78 Å². The lowest BCUT2D eigenvalue weighted by Gasteiger charge is -2.15. The minimum Gasteiger partial charge on any atom is -0.396 e. The number of nitrogens with one attached hydrogen (secondary N) is 1. The summed E-state index contributed by atoms with van der Waals surface area (Å²) in [5.74, 6) is -3.95. The number of unbranched alkanes of at least 4 members (excludes halogenated alkanes) is 2. The van der Waals surface area contributed by atoms with Crippen molar-refractivity contribution < 1.29 is 22.7 Å². The highest BCUT2D eigenvalue weighted by Crippen LogP contribution is 2.21. The van der Waals surface area contributed by atoms with Crippen LogP contribution in [0, 0.1) is 0 Å². The van der Waals surface area contributed by atoms with Crippen molar-refractivity contribution in [3.63, 3.8) is 0 Å². The van der Waals surface area contributed by atoms with Crippen LogP contribution < -0.4 is 5.32 Å². The zero-order valence-electron chi connectivity index (χ0n) is 7.78. The minimum atomic E-state index is -3.95. The predicted octanol–water partition coefficient (Wildman–Crippen LogP) is 1.64. The Morgan fingerprint density at radius 1 is 1.14 bits per heavy atom. The maximum absolute atomic E-state index is 12.3. The first-order valence-electron chi connectivity index (χ1n) is 4.48. The molecule has 0 aliphatic heterocycles. The van der Waals surface area contributed by atoms with Crippen LogP contribution in [0.2, 0.25) is 0 Å². The summed E-state index contributed by atoms with van der Waals surface area (Å²) in [5.41, 5.74) is 0. The molecule has 0 aromatic carbocycles. The fourth-order valence-corrected chi connectivity index (χ4v) is 0.871. The summed E-state index contributed by atoms with van der Waals surface area (Å²) >= 11 is 0. The Kier molecular flexibility index (Phi) is 6.82. The number of hydrogen-bond donors (Lipinski definition) is 2. The van der Waals surface area contributed by atoms with Crippen molar-refractivity contribution in [2.45, 2.75) is 31.6 Å². The van der Waals surface area contributed by atoms with Gasteiger partial charge in [0, 0.05) is 6.61 Å². The Morgan fingerprint density at radius 3 is 2.29 bits per heavy atom. The molecule has 0 rings (SSSR count). The summed E-state index contributed by atoms with van der Waals surface area (Å²) in [4.78, 5) is 0. The number of halogens is 4. The molecule has 0 aromatic heterocycles. The molecule has 0 amide bonds. The minimum absolute atomic E-state index is 0.0627. The summed E-state index contributed by atoms with van der Waals surface area (Å²) in [6, 6.07) is 0. The number of rotatable bonds is 8. The van der Waals surface area contributed by atoms with Crippen LogP contribution in [0.3, 0.4) is 0 Å². The first-order chi connectivity index (χ1) is 6.50. The summed E-state index contributed by atoms with van der Waals surface area (Å²) in [7, 11) is 0. The monoisotopic (exact) mass is 217 g/mol. The fourth-order valence-electron chi connectivity index (χ4n) is 0.871. The number of aliphatic hydroxyl groups is 1. The Bertz CT molecular complexity index is 143. The third-order valence-electron chi connectivity index (χ3n) is 1.69. The van der Waals surface area contributed by atoms with E-state index >= 15 is 0 Å². The lowest BCUT2D eigenvalue weighted by molar-refractivity contribution is -0.125. The summed E-state index contributed by atoms with van der Waals surface area (Å²) in [6.45, 7) is -0.667. The molecule has 0 unspecified atom stereocenters. The van der Waals surface area contributed by atoms with Gasteiger partial charge in [0.05, 0.1) is 6.54 Å². The van der Waals surface area contributed by atoms with E-state index in [1.165, 1.54) is 0 Å². The van der Waals surface area contributed by atoms with Crippen molar-refractivity contribution in [1.82, 2.24) is 5.32 Å². The Hall–Kier alpha value is -0.360. The van der Waals surface area contributed by atoms with Gasteiger partial charge in [0.2, 0.25) is 0 Å². The van der Waals surface area contributed by atoms with Crippen LogP contribution in [0.25, 0.3) is 0 Å². The summed E-state index contributed by atoms with van der Waals surface area (Å²) in [5, 5.41) is 10.6. The molecule has 0 atom stereocenters. The molecule has 0 spiro atoms. The van der Waals surface area contributed by atoms with Gasteiger partial charge in [0.25, 0.3) is 0 Å². The molecule has 0 aliphatic carbocycles. The molecule has 0 saturated carbocycles. The number of hydrogen-bond acceptors (Lipinski definition) is 2. The topological polar surface area (TPSA) is 32.3 Å². The molecule has 86 valence electrons. The van der Waals surface area contributed by atoms with Crippen LogP contribution in [-0.2, 0) is 0 Å². The Labute approximate surface area is 80.3 Å². The molecule has 2 nitrogen and oxygen atoms in total. The zero-order chi connectivity index (χ0) is 11.0. The van der Waals surface area contributed by atoms with Crippen molar-refractivity contribution in [3.8, 4) is 0 Å². The average Bonchev–Trinajstić information content (AvgIpc) is 2.10. The third kappa shape index (κ3) is 6.15. The summed E-state index contributed by atoms with van der Waals surface area (Å²) < 4.78 is 47.8. The van der Waals surface area contributed by atoms with Gasteiger partial charge >= 0.3 is 12.3 Å². The second kappa shape index (κ2) is 7.00. The first-order valence-corrected chi connectivity index (χ1v) is 4.48. The molecule has 6 heteroatoms. The maximum atomic E-state index is 12.3. The van der Waals surface area contributed by atoms with Crippen molar-refractivity contribution >= 4 is 0 Å². The van der Waals surface area contributed by atoms with E-state index < -0.39 is 18.9 Å². The first kappa shape index (κ1) is 13.6. The SMILES string of the molecule is OCCCCCNCC(F)(F)C(F)F. The second-order valence-electron chi connectivity index (χ2n) is 3.02. The van der Waals surface area contributed by atoms with Crippen molar-refractivity contribution in [3.05, 3.63) is 0 Å². The van der Waals surface area contributed by atoms with E-state index in [0.717, 1.165) is 0 Å². The van der Waals surface area contributed by atoms with Crippen molar-refractivity contribution in [2.75, 3.05) is 19.7 Å². The van der Waals surface area contributed by atoms with Crippen LogP contribution in [0.15, 0.2) is 0 Å². The van der Waals surface area contributed by atoms with Crippen LogP contribution in [0.4, 0.5) is 17.6 Å². The smallest absolute Gasteiger partial charge is 0.319 e. The Balaban J connectivity index is 3.35. The lowest BCUT2D eigenvalue weighted by atomic mass is 10.2. The van der Waals surface area contributed by atoms with Crippen molar-refractivity contribution in [1.29, 1.82) is 0 Å². The average molecular weight is 217 g/mol. The fraction of sp³-hybridized carbons (Fsp3) is 1.00. The van der Waals surface area contributed by atoms with E-state index in [-0.39, 0.29) is 13.2 Å². The molecule has 0 aromatic rings. The van der Waals surface area contributed by atoms with Crippen LogP contribution >= 0.6 is 0 Å². The van der Waals surface area contributed by atoms with E-state index in [9.17, 15) is 17.6 Å². The van der Waals surface area contributed by atoms with Gasteiger partial charge in [-0.2, -0.15) is 8.78 Å². The quantitative estimate of drug-likeness (QED) is 0.478. The van der Waals surface area contributed by atoms with Crippen LogP contribution in [0.1, 0.15) is 19.3 Å². The van der Waals surface area contributed by atoms with Gasteiger partial charge in [-0.1, -0.05) is 0 Å². The Morgan fingerprint density at radius 2 is 1.79 bits per heavy atom. The molecule has 0 saturated heterocycles. The molecule has 0 bridgehead atoms. The highest BCUT2D eigenvalue weighted by molar-refractivity contribution is 4.71. The van der Waals surface area contributed by atoms with Gasteiger partial charge in [0.15, 0.2) is 0 Å². The normalized spacial score (nSPS) is 12.4. The molecule has 2 N–H and O–H groups in total. The number of alkyl halides is 4. The largest absolute Gasteiger partial charge is 0.396 e. The van der Waals surface area contributed by atoms with Gasteiger partial charge in [0.1, 0.15) is 0 Å². The molecule has 0 heterocycles. The highest BCUT2D eigenvalue weighted by atomic mass is 19.3. The van der Waals surface area contributed by atoms with E-state index in [2.05, 4.69) is 5.32 Å². The predicted molar refractivity (Wildman–Crippen MR) is 44.8 cm³/mol. The van der Waals surface area contributed by atoms with Gasteiger partial charge in [-0.05, 0) is 25.8 Å². The molecular formula is C8H15F4NO. The van der Waals surface area contributed by atoms with Gasteiger partial charge in [-0.3, -0.25) is 0 Å². The highest BCUT2D eigenvalue weighted by Gasteiger charge is 2.39. The molecule has 14 heavy (non-hydrogen) atoms. The lowest BCUT2D eigenvalue weighted by Crippen LogP contribution is -2.39. The van der Waals surface area contributed by atoms with E-state index in [0.29, 0.717) is 19.3 Å². The third-order valence-corrected chi connectivity index (χ3v) is 1.69. The van der Waals surface area contributed by atoms with Crippen LogP contribution in [-0.4, -0.2) is 37.2 Å². The number of aliphatic hydroxyl groups excluding tert-OH is 1. The molecule has 0 aliphatic rings. The van der Waals surface area contributed by atoms with Crippen LogP contribution in [0.5, 0.6) is 0 Å². The zero-order valence-corrected chi connectivity index (χ0v) is 7.78. The summed E-state index contributed by atoms with van der Waals surface area (Å²) in [6.07, 6.45) is -1.72. The maximum Gasteiger partial charge on any atom is 0.319 e. The van der Waals surface area contributed by atoms with E-state index in [1.54, 1.807) is 0 Å². The molecule has 0 fully saturated rings. The van der Waals surface area contributed by atoms with Gasteiger partial charge in [-0.15, -0.1) is 0 Å². The van der Waals surface area contributed by atoms with E-state index in [1.807, 2.05) is 0 Å². The van der Waals surface area contributed by atoms with E-state index in [4.69, 9.17) is 5.11 Å². The van der Waals surface area contributed by atoms with Gasteiger partial charge < -0.3 is 10.4 Å². The molecular weight excluding hydrogens is 202 g/mol. The standard InChI is InChI=1S/C8H15F4NO/c9-7(10)8(11,12)6-13-4-2-1-3-5-14/h7,13-14H,1-6H2.